The second-order valence-corrected chi connectivity index (χ2v) is 7.12. The minimum absolute atomic E-state index is 0.290. The van der Waals surface area contributed by atoms with E-state index in [9.17, 15) is 9.59 Å². The number of nitrogens with one attached hydrogen (secondary N) is 3. The number of anilines is 1. The molecule has 3 aromatic heterocycles. The zero-order valence-electron chi connectivity index (χ0n) is 16.8. The van der Waals surface area contributed by atoms with Crippen molar-refractivity contribution in [2.75, 3.05) is 5.32 Å². The normalized spacial score (nSPS) is 11.2. The maximum atomic E-state index is 12.5. The average Bonchev–Trinajstić information content (AvgIpc) is 3.41. The zero-order valence-corrected chi connectivity index (χ0v) is 16.8. The molecule has 0 radical (unpaired) electrons. The lowest BCUT2D eigenvalue weighted by molar-refractivity contribution is -0.111. The molecule has 0 unspecified atom stereocenters. The summed E-state index contributed by atoms with van der Waals surface area (Å²) in [5, 5.41) is 7.52. The fourth-order valence-corrected chi connectivity index (χ4v) is 3.41. The van der Waals surface area contributed by atoms with Crippen LogP contribution in [0.4, 0.5) is 5.69 Å². The van der Waals surface area contributed by atoms with Gasteiger partial charge in [0.1, 0.15) is 5.69 Å². The van der Waals surface area contributed by atoms with Gasteiger partial charge >= 0.3 is 5.69 Å². The number of hydrogen-bond donors (Lipinski definition) is 3. The van der Waals surface area contributed by atoms with Crippen molar-refractivity contribution in [1.29, 1.82) is 0 Å². The number of pyridine rings is 1. The third-order valence-corrected chi connectivity index (χ3v) is 4.90. The first-order valence-electron chi connectivity index (χ1n) is 9.92. The van der Waals surface area contributed by atoms with Gasteiger partial charge in [-0.05, 0) is 48.5 Å². The van der Waals surface area contributed by atoms with Crippen LogP contribution >= 0.6 is 0 Å². The minimum Gasteiger partial charge on any atom is -0.322 e. The average molecular weight is 422 g/mol. The Morgan fingerprint density at radius 3 is 2.66 bits per heavy atom. The quantitative estimate of drug-likeness (QED) is 0.375. The minimum atomic E-state index is -0.299. The van der Waals surface area contributed by atoms with Crippen molar-refractivity contribution in [3.05, 3.63) is 101 Å². The van der Waals surface area contributed by atoms with Crippen LogP contribution in [-0.4, -0.2) is 30.6 Å². The molecule has 0 atom stereocenters. The van der Waals surface area contributed by atoms with Crippen molar-refractivity contribution >= 4 is 28.7 Å². The summed E-state index contributed by atoms with van der Waals surface area (Å²) in [4.78, 5) is 33.5. The first kappa shape index (κ1) is 19.3. The molecule has 2 aromatic carbocycles. The Hall–Kier alpha value is -4.72. The lowest BCUT2D eigenvalue weighted by Crippen LogP contribution is -2.07. The van der Waals surface area contributed by atoms with Gasteiger partial charge in [-0.15, -0.1) is 0 Å². The van der Waals surface area contributed by atoms with Crippen LogP contribution in [0.25, 0.3) is 34.1 Å². The Morgan fingerprint density at radius 1 is 1.00 bits per heavy atom. The summed E-state index contributed by atoms with van der Waals surface area (Å²) in [7, 11) is 0. The second kappa shape index (κ2) is 8.19. The number of nitrogens with zero attached hydrogens (tertiary/aromatic N) is 3. The SMILES string of the molecule is O=C(/C=C/c1cn(-c2ccccc2)nc1-c1cccnc1)Nc1ccc2[nH]c(=O)[nH]c2c1. The molecule has 0 saturated heterocycles. The third kappa shape index (κ3) is 3.97. The second-order valence-electron chi connectivity index (χ2n) is 7.12. The molecule has 32 heavy (non-hydrogen) atoms. The van der Waals surface area contributed by atoms with Crippen LogP contribution < -0.4 is 11.0 Å². The fraction of sp³-hybridized carbons (Fsp3) is 0. The number of fused-ring (bicyclic) bond motifs is 1. The van der Waals surface area contributed by atoms with E-state index in [1.807, 2.05) is 48.7 Å². The standard InChI is InChI=1S/C24H18N6O2/c31-22(26-18-9-10-20-21(13-18)28-24(32)27-20)11-8-17-15-30(19-6-2-1-3-7-19)29-23(17)16-5-4-12-25-14-16/h1-15H,(H,26,31)(H2,27,28,32)/b11-8+. The molecule has 3 heterocycles. The predicted molar refractivity (Wildman–Crippen MR) is 123 cm³/mol. The molecule has 5 rings (SSSR count). The number of para-hydroxylation sites is 1. The van der Waals surface area contributed by atoms with E-state index in [2.05, 4.69) is 20.3 Å². The highest BCUT2D eigenvalue weighted by Crippen LogP contribution is 2.24. The van der Waals surface area contributed by atoms with Crippen molar-refractivity contribution in [3.8, 4) is 16.9 Å². The van der Waals surface area contributed by atoms with Gasteiger partial charge in [0.15, 0.2) is 0 Å². The van der Waals surface area contributed by atoms with Crippen molar-refractivity contribution in [2.45, 2.75) is 0 Å². The molecule has 0 spiro atoms. The highest BCUT2D eigenvalue weighted by molar-refractivity contribution is 6.03. The van der Waals surface area contributed by atoms with Crippen LogP contribution in [0.3, 0.4) is 0 Å². The number of H-pyrrole nitrogens is 2. The van der Waals surface area contributed by atoms with Gasteiger partial charge < -0.3 is 15.3 Å². The van der Waals surface area contributed by atoms with Gasteiger partial charge in [-0.2, -0.15) is 5.10 Å². The van der Waals surface area contributed by atoms with Crippen LogP contribution in [0.15, 0.2) is 90.1 Å². The maximum absolute atomic E-state index is 12.5. The highest BCUT2D eigenvalue weighted by atomic mass is 16.1. The van der Waals surface area contributed by atoms with Crippen molar-refractivity contribution < 1.29 is 4.79 Å². The van der Waals surface area contributed by atoms with Crippen LogP contribution in [0.5, 0.6) is 0 Å². The van der Waals surface area contributed by atoms with Crippen LogP contribution in [0, 0.1) is 0 Å². The molecule has 0 bridgehead atoms. The first-order valence-corrected chi connectivity index (χ1v) is 9.92. The van der Waals surface area contributed by atoms with E-state index in [4.69, 9.17) is 5.10 Å². The van der Waals surface area contributed by atoms with E-state index in [0.717, 1.165) is 22.5 Å². The smallest absolute Gasteiger partial charge is 0.322 e. The maximum Gasteiger partial charge on any atom is 0.323 e. The number of aromatic amines is 2. The van der Waals surface area contributed by atoms with Gasteiger partial charge in [0.25, 0.3) is 0 Å². The number of imidazole rings is 1. The van der Waals surface area contributed by atoms with Crippen molar-refractivity contribution in [2.24, 2.45) is 0 Å². The molecule has 8 heteroatoms. The van der Waals surface area contributed by atoms with Crippen molar-refractivity contribution in [1.82, 2.24) is 24.7 Å². The van der Waals surface area contributed by atoms with Gasteiger partial charge in [-0.25, -0.2) is 9.48 Å². The summed E-state index contributed by atoms with van der Waals surface area (Å²) in [5.74, 6) is -0.299. The molecule has 0 aliphatic carbocycles. The molecule has 156 valence electrons. The highest BCUT2D eigenvalue weighted by Gasteiger charge is 2.11. The number of rotatable bonds is 5. The summed E-state index contributed by atoms with van der Waals surface area (Å²) in [5.41, 5.74) is 4.86. The number of carbonyl (C=O) groups is 1. The van der Waals surface area contributed by atoms with Gasteiger partial charge in [-0.1, -0.05) is 18.2 Å². The molecule has 3 N–H and O–H groups in total. The molecule has 0 fully saturated rings. The number of carbonyl (C=O) groups excluding carboxylic acids is 1. The molecule has 1 amide bonds. The van der Waals surface area contributed by atoms with E-state index in [1.54, 1.807) is 41.4 Å². The summed E-state index contributed by atoms with van der Waals surface area (Å²) < 4.78 is 1.77. The van der Waals surface area contributed by atoms with E-state index >= 15 is 0 Å². The Morgan fingerprint density at radius 2 is 1.84 bits per heavy atom. The van der Waals surface area contributed by atoms with E-state index < -0.39 is 0 Å². The first-order chi connectivity index (χ1) is 15.7. The van der Waals surface area contributed by atoms with Crippen LogP contribution in [0.1, 0.15) is 5.56 Å². The summed E-state index contributed by atoms with van der Waals surface area (Å²) in [6, 6.07) is 18.7. The molecule has 5 aromatic rings. The van der Waals surface area contributed by atoms with Gasteiger partial charge in [0, 0.05) is 41.5 Å². The molecule has 0 aliphatic rings. The van der Waals surface area contributed by atoms with Gasteiger partial charge in [0.2, 0.25) is 5.91 Å². The van der Waals surface area contributed by atoms with E-state index in [1.165, 1.54) is 6.08 Å². The number of benzene rings is 2. The molecular weight excluding hydrogens is 404 g/mol. The Balaban J connectivity index is 1.43. The monoisotopic (exact) mass is 422 g/mol. The summed E-state index contributed by atoms with van der Waals surface area (Å²) >= 11 is 0. The molecular formula is C24H18N6O2. The Bertz CT molecular complexity index is 1480. The van der Waals surface area contributed by atoms with Gasteiger partial charge in [-0.3, -0.25) is 9.78 Å². The topological polar surface area (TPSA) is 108 Å². The zero-order chi connectivity index (χ0) is 21.9. The summed E-state index contributed by atoms with van der Waals surface area (Å²) in [6.45, 7) is 0. The molecule has 8 nitrogen and oxygen atoms in total. The third-order valence-electron chi connectivity index (χ3n) is 4.90. The Kier molecular flexibility index (Phi) is 4.93. The summed E-state index contributed by atoms with van der Waals surface area (Å²) in [6.07, 6.45) is 8.49. The number of hydrogen-bond acceptors (Lipinski definition) is 4. The largest absolute Gasteiger partial charge is 0.323 e. The molecule has 0 saturated carbocycles. The number of amides is 1. The van der Waals surface area contributed by atoms with Crippen LogP contribution in [-0.2, 0) is 4.79 Å². The van der Waals surface area contributed by atoms with Gasteiger partial charge in [0.05, 0.1) is 16.7 Å². The lowest BCUT2D eigenvalue weighted by atomic mass is 10.1. The number of aromatic nitrogens is 5. The van der Waals surface area contributed by atoms with Crippen molar-refractivity contribution in [3.63, 3.8) is 0 Å². The van der Waals surface area contributed by atoms with Crippen LogP contribution in [0.2, 0.25) is 0 Å². The molecule has 0 aliphatic heterocycles. The Labute approximate surface area is 182 Å². The lowest BCUT2D eigenvalue weighted by Gasteiger charge is -2.02. The fourth-order valence-electron chi connectivity index (χ4n) is 3.41. The van der Waals surface area contributed by atoms with E-state index in [0.29, 0.717) is 16.7 Å². The predicted octanol–water partition coefficient (Wildman–Crippen LogP) is 3.76. The van der Waals surface area contributed by atoms with E-state index in [-0.39, 0.29) is 11.6 Å².